The van der Waals surface area contributed by atoms with E-state index in [1.54, 1.807) is 17.5 Å². The zero-order chi connectivity index (χ0) is 16.9. The van der Waals surface area contributed by atoms with E-state index < -0.39 is 5.97 Å². The van der Waals surface area contributed by atoms with E-state index in [0.29, 0.717) is 4.88 Å². The summed E-state index contributed by atoms with van der Waals surface area (Å²) >= 11 is 1.29. The average Bonchev–Trinajstić information content (AvgIpc) is 3.14. The molecule has 1 unspecified atom stereocenters. The minimum Gasteiger partial charge on any atom is -0.451 e. The third kappa shape index (κ3) is 3.81. The summed E-state index contributed by atoms with van der Waals surface area (Å²) in [4.78, 5) is 24.2. The Bertz CT molecular complexity index is 858. The zero-order valence-corrected chi connectivity index (χ0v) is 14.0. The molecule has 4 nitrogen and oxygen atoms in total. The van der Waals surface area contributed by atoms with E-state index >= 15 is 0 Å². The number of carbonyl (C=O) groups is 2. The highest BCUT2D eigenvalue weighted by Crippen LogP contribution is 2.20. The van der Waals surface area contributed by atoms with Crippen molar-refractivity contribution in [2.24, 2.45) is 0 Å². The fraction of sp³-hybridized carbons (Fsp3) is 0.158. The van der Waals surface area contributed by atoms with Crippen molar-refractivity contribution in [2.45, 2.75) is 13.0 Å². The standard InChI is InChI=1S/C19H17NO3S/c1-13(15-9-8-14-5-2-3-6-16(14)11-15)20-18(21)12-23-19(22)17-7-4-10-24-17/h2-11,13H,12H2,1H3,(H,20,21). The van der Waals surface area contributed by atoms with Crippen LogP contribution in [-0.2, 0) is 9.53 Å². The monoisotopic (exact) mass is 339 g/mol. The van der Waals surface area contributed by atoms with Crippen LogP contribution in [0.1, 0.15) is 28.2 Å². The molecule has 3 rings (SSSR count). The summed E-state index contributed by atoms with van der Waals surface area (Å²) in [5.41, 5.74) is 1.01. The summed E-state index contributed by atoms with van der Waals surface area (Å²) in [5, 5.41) is 6.92. The van der Waals surface area contributed by atoms with Crippen LogP contribution in [0.4, 0.5) is 0 Å². The van der Waals surface area contributed by atoms with Crippen LogP contribution in [-0.4, -0.2) is 18.5 Å². The normalized spacial score (nSPS) is 11.9. The van der Waals surface area contributed by atoms with Gasteiger partial charge in [-0.1, -0.05) is 42.5 Å². The molecule has 0 radical (unpaired) electrons. The van der Waals surface area contributed by atoms with Crippen molar-refractivity contribution in [3.63, 3.8) is 0 Å². The van der Waals surface area contributed by atoms with E-state index in [1.807, 2.05) is 43.3 Å². The summed E-state index contributed by atoms with van der Waals surface area (Å²) < 4.78 is 5.01. The van der Waals surface area contributed by atoms with Crippen LogP contribution in [0.3, 0.4) is 0 Å². The first-order valence-electron chi connectivity index (χ1n) is 7.62. The molecule has 0 aliphatic carbocycles. The van der Waals surface area contributed by atoms with Gasteiger partial charge in [-0.25, -0.2) is 4.79 Å². The molecule has 0 fully saturated rings. The number of thiophene rings is 1. The number of hydrogen-bond acceptors (Lipinski definition) is 4. The van der Waals surface area contributed by atoms with Gasteiger partial charge in [0.1, 0.15) is 4.88 Å². The number of fused-ring (bicyclic) bond motifs is 1. The molecule has 1 N–H and O–H groups in total. The first-order valence-corrected chi connectivity index (χ1v) is 8.50. The molecule has 1 amide bonds. The van der Waals surface area contributed by atoms with Crippen molar-refractivity contribution in [1.82, 2.24) is 5.32 Å². The first-order chi connectivity index (χ1) is 11.6. The average molecular weight is 339 g/mol. The number of ether oxygens (including phenoxy) is 1. The second kappa shape index (κ2) is 7.27. The summed E-state index contributed by atoms with van der Waals surface area (Å²) in [6, 6.07) is 17.4. The van der Waals surface area contributed by atoms with Crippen LogP contribution in [0.5, 0.6) is 0 Å². The van der Waals surface area contributed by atoms with Gasteiger partial charge in [-0.3, -0.25) is 4.79 Å². The van der Waals surface area contributed by atoms with Gasteiger partial charge in [-0.15, -0.1) is 11.3 Å². The Balaban J connectivity index is 1.57. The number of esters is 1. The molecule has 1 aromatic heterocycles. The van der Waals surface area contributed by atoms with Gasteiger partial charge >= 0.3 is 5.97 Å². The first kappa shape index (κ1) is 16.2. The highest BCUT2D eigenvalue weighted by molar-refractivity contribution is 7.11. The Morgan fingerprint density at radius 1 is 1.08 bits per heavy atom. The lowest BCUT2D eigenvalue weighted by molar-refractivity contribution is -0.124. The van der Waals surface area contributed by atoms with Gasteiger partial charge < -0.3 is 10.1 Å². The summed E-state index contributed by atoms with van der Waals surface area (Å²) in [5.74, 6) is -0.793. The SMILES string of the molecule is CC(NC(=O)COC(=O)c1cccs1)c1ccc2ccccc2c1. The van der Waals surface area contributed by atoms with Gasteiger partial charge in [0.2, 0.25) is 0 Å². The molecule has 1 heterocycles. The Morgan fingerprint density at radius 2 is 1.88 bits per heavy atom. The van der Waals surface area contributed by atoms with Crippen molar-refractivity contribution in [1.29, 1.82) is 0 Å². The van der Waals surface area contributed by atoms with Gasteiger partial charge in [0.15, 0.2) is 6.61 Å². The minimum atomic E-state index is -0.474. The van der Waals surface area contributed by atoms with E-state index in [4.69, 9.17) is 4.74 Å². The smallest absolute Gasteiger partial charge is 0.348 e. The molecular weight excluding hydrogens is 322 g/mol. The van der Waals surface area contributed by atoms with Gasteiger partial charge in [0.25, 0.3) is 5.91 Å². The number of hydrogen-bond donors (Lipinski definition) is 1. The summed E-state index contributed by atoms with van der Waals surface area (Å²) in [6.45, 7) is 1.62. The predicted octanol–water partition coefficient (Wildman–Crippen LogP) is 3.94. The summed E-state index contributed by atoms with van der Waals surface area (Å²) in [6.07, 6.45) is 0. The van der Waals surface area contributed by atoms with Crippen LogP contribution in [0, 0.1) is 0 Å². The van der Waals surface area contributed by atoms with Crippen molar-refractivity contribution >= 4 is 34.0 Å². The Labute approximate surface area is 144 Å². The molecule has 3 aromatic rings. The lowest BCUT2D eigenvalue weighted by Crippen LogP contribution is -2.31. The maximum Gasteiger partial charge on any atom is 0.348 e. The van der Waals surface area contributed by atoms with Crippen molar-refractivity contribution in [3.8, 4) is 0 Å². The van der Waals surface area contributed by atoms with Crippen LogP contribution < -0.4 is 5.32 Å². The largest absolute Gasteiger partial charge is 0.451 e. The third-order valence-corrected chi connectivity index (χ3v) is 4.56. The van der Waals surface area contributed by atoms with Crippen LogP contribution in [0.15, 0.2) is 60.0 Å². The van der Waals surface area contributed by atoms with Gasteiger partial charge in [0.05, 0.1) is 6.04 Å². The van der Waals surface area contributed by atoms with Crippen molar-refractivity contribution < 1.29 is 14.3 Å². The maximum atomic E-state index is 12.0. The molecule has 24 heavy (non-hydrogen) atoms. The lowest BCUT2D eigenvalue weighted by atomic mass is 10.0. The second-order valence-corrected chi connectivity index (χ2v) is 6.40. The topological polar surface area (TPSA) is 55.4 Å². The van der Waals surface area contributed by atoms with Crippen LogP contribution in [0.25, 0.3) is 10.8 Å². The number of carbonyl (C=O) groups excluding carboxylic acids is 2. The lowest BCUT2D eigenvalue weighted by Gasteiger charge is -2.15. The van der Waals surface area contributed by atoms with E-state index in [0.717, 1.165) is 16.3 Å². The highest BCUT2D eigenvalue weighted by atomic mass is 32.1. The number of benzene rings is 2. The molecule has 5 heteroatoms. The predicted molar refractivity (Wildman–Crippen MR) is 95.1 cm³/mol. The van der Waals surface area contributed by atoms with Crippen molar-refractivity contribution in [2.75, 3.05) is 6.61 Å². The molecule has 0 saturated carbocycles. The molecule has 0 bridgehead atoms. The zero-order valence-electron chi connectivity index (χ0n) is 13.2. The van der Waals surface area contributed by atoms with E-state index in [-0.39, 0.29) is 18.6 Å². The molecular formula is C19H17NO3S. The van der Waals surface area contributed by atoms with Gasteiger partial charge in [-0.05, 0) is 40.8 Å². The van der Waals surface area contributed by atoms with Crippen LogP contribution >= 0.6 is 11.3 Å². The molecule has 2 aromatic carbocycles. The second-order valence-electron chi connectivity index (χ2n) is 5.45. The molecule has 0 spiro atoms. The fourth-order valence-corrected chi connectivity index (χ4v) is 3.06. The Kier molecular flexibility index (Phi) is 4.91. The highest BCUT2D eigenvalue weighted by Gasteiger charge is 2.13. The molecule has 1 atom stereocenters. The maximum absolute atomic E-state index is 12.0. The number of rotatable bonds is 5. The van der Waals surface area contributed by atoms with Crippen molar-refractivity contribution in [3.05, 3.63) is 70.4 Å². The number of nitrogens with one attached hydrogen (secondary N) is 1. The van der Waals surface area contributed by atoms with E-state index in [9.17, 15) is 9.59 Å². The quantitative estimate of drug-likeness (QED) is 0.717. The summed E-state index contributed by atoms with van der Waals surface area (Å²) in [7, 11) is 0. The Morgan fingerprint density at radius 3 is 2.62 bits per heavy atom. The minimum absolute atomic E-state index is 0.164. The third-order valence-electron chi connectivity index (χ3n) is 3.71. The van der Waals surface area contributed by atoms with Gasteiger partial charge in [-0.2, -0.15) is 0 Å². The van der Waals surface area contributed by atoms with Gasteiger partial charge in [0, 0.05) is 0 Å². The Hall–Kier alpha value is -2.66. The molecule has 0 saturated heterocycles. The number of amides is 1. The molecule has 122 valence electrons. The fourth-order valence-electron chi connectivity index (χ4n) is 2.44. The van der Waals surface area contributed by atoms with E-state index in [1.165, 1.54) is 11.3 Å². The van der Waals surface area contributed by atoms with Crippen LogP contribution in [0.2, 0.25) is 0 Å². The molecule has 0 aliphatic heterocycles. The van der Waals surface area contributed by atoms with E-state index in [2.05, 4.69) is 11.4 Å². The molecule has 0 aliphatic rings.